The predicted molar refractivity (Wildman–Crippen MR) is 134 cm³/mol. The van der Waals surface area contributed by atoms with Crippen LogP contribution in [-0.4, -0.2) is 71.0 Å². The van der Waals surface area contributed by atoms with Crippen LogP contribution in [0.25, 0.3) is 0 Å². The third-order valence-electron chi connectivity index (χ3n) is 3.43. The Bertz CT molecular complexity index is 507. The van der Waals surface area contributed by atoms with E-state index in [1.165, 1.54) is 0 Å². The molecule has 0 aromatic carbocycles. The summed E-state index contributed by atoms with van der Waals surface area (Å²) in [6.45, 7) is 28.4. The van der Waals surface area contributed by atoms with Crippen LogP contribution in [0.4, 0.5) is 0 Å². The summed E-state index contributed by atoms with van der Waals surface area (Å²) >= 11 is 0. The average Bonchev–Trinajstić information content (AvgIpc) is 2.42. The molecule has 6 nitrogen and oxygen atoms in total. The SMILES string of the molecule is CON=CC(O[Si](C)(C)C)C(O[Si](C)(C)C)C(O[Si](C)(C)C)C(C)O[Si](C)(C)C. The molecule has 4 unspecified atom stereocenters. The minimum absolute atomic E-state index is 0.113. The van der Waals surface area contributed by atoms with Crippen LogP contribution < -0.4 is 0 Å². The summed E-state index contributed by atoms with van der Waals surface area (Å²) in [5.74, 6) is 0. The highest BCUT2D eigenvalue weighted by atomic mass is 28.4. The fourth-order valence-electron chi connectivity index (χ4n) is 2.90. The van der Waals surface area contributed by atoms with Crippen molar-refractivity contribution < 1.29 is 22.5 Å². The van der Waals surface area contributed by atoms with Gasteiger partial charge in [-0.25, -0.2) is 0 Å². The van der Waals surface area contributed by atoms with Crippen molar-refractivity contribution >= 4 is 39.5 Å². The molecule has 0 aromatic rings. The zero-order valence-corrected chi connectivity index (χ0v) is 25.4. The standard InChI is InChI=1S/C19H47NO5Si4/c1-16(22-26(3,4)5)18(24-28(9,10)11)19(25-29(12,13)14)17(15-20-21-2)23-27(6,7)8/h15-19H,1-14H3. The van der Waals surface area contributed by atoms with E-state index in [1.807, 2.05) is 0 Å². The Labute approximate surface area is 184 Å². The first-order valence-corrected chi connectivity index (χ1v) is 24.2. The third kappa shape index (κ3) is 14.8. The molecule has 0 aliphatic heterocycles. The maximum absolute atomic E-state index is 6.71. The van der Waals surface area contributed by atoms with Crippen LogP contribution in [0.1, 0.15) is 6.92 Å². The van der Waals surface area contributed by atoms with Gasteiger partial charge in [0.1, 0.15) is 19.3 Å². The van der Waals surface area contributed by atoms with Gasteiger partial charge in [0.05, 0.1) is 18.4 Å². The number of oxime groups is 1. The van der Waals surface area contributed by atoms with Crippen molar-refractivity contribution in [2.24, 2.45) is 5.16 Å². The van der Waals surface area contributed by atoms with Crippen LogP contribution in [0.15, 0.2) is 5.16 Å². The zero-order valence-electron chi connectivity index (χ0n) is 21.4. The van der Waals surface area contributed by atoms with E-state index in [0.717, 1.165) is 0 Å². The maximum atomic E-state index is 6.71. The van der Waals surface area contributed by atoms with Gasteiger partial charge in [0.2, 0.25) is 0 Å². The van der Waals surface area contributed by atoms with E-state index in [1.54, 1.807) is 13.3 Å². The molecule has 0 saturated carbocycles. The van der Waals surface area contributed by atoms with Gasteiger partial charge in [0.15, 0.2) is 33.3 Å². The van der Waals surface area contributed by atoms with Crippen LogP contribution >= 0.6 is 0 Å². The van der Waals surface area contributed by atoms with E-state index >= 15 is 0 Å². The molecule has 174 valence electrons. The molecule has 0 heterocycles. The van der Waals surface area contributed by atoms with E-state index < -0.39 is 33.3 Å². The van der Waals surface area contributed by atoms with E-state index in [4.69, 9.17) is 22.5 Å². The molecule has 0 rings (SSSR count). The molecule has 29 heavy (non-hydrogen) atoms. The van der Waals surface area contributed by atoms with Crippen molar-refractivity contribution in [3.05, 3.63) is 0 Å². The molecular weight excluding hydrogens is 435 g/mol. The highest BCUT2D eigenvalue weighted by molar-refractivity contribution is 6.71. The zero-order chi connectivity index (χ0) is 23.3. The Balaban J connectivity index is 6.26. The van der Waals surface area contributed by atoms with E-state index in [2.05, 4.69) is 90.6 Å². The first-order valence-electron chi connectivity index (χ1n) is 10.5. The second kappa shape index (κ2) is 11.2. The van der Waals surface area contributed by atoms with Crippen molar-refractivity contribution in [3.63, 3.8) is 0 Å². The second-order valence-electron chi connectivity index (χ2n) is 11.5. The molecule has 0 aromatic heterocycles. The Morgan fingerprint density at radius 2 is 0.966 bits per heavy atom. The molecule has 0 bridgehead atoms. The van der Waals surface area contributed by atoms with Crippen LogP contribution in [0.3, 0.4) is 0 Å². The van der Waals surface area contributed by atoms with Gasteiger partial charge < -0.3 is 22.5 Å². The van der Waals surface area contributed by atoms with Gasteiger partial charge in [-0.05, 0) is 85.5 Å². The molecule has 0 aliphatic rings. The lowest BCUT2D eigenvalue weighted by molar-refractivity contribution is -0.0560. The minimum atomic E-state index is -1.92. The van der Waals surface area contributed by atoms with Gasteiger partial charge in [-0.15, -0.1) is 0 Å². The number of hydrogen-bond donors (Lipinski definition) is 0. The van der Waals surface area contributed by atoms with E-state index in [9.17, 15) is 0 Å². The van der Waals surface area contributed by atoms with Crippen molar-refractivity contribution in [1.82, 2.24) is 0 Å². The van der Waals surface area contributed by atoms with Gasteiger partial charge in [-0.1, -0.05) is 5.16 Å². The van der Waals surface area contributed by atoms with Crippen molar-refractivity contribution in [3.8, 4) is 0 Å². The first-order chi connectivity index (χ1) is 12.7. The van der Waals surface area contributed by atoms with Crippen LogP contribution in [0, 0.1) is 0 Å². The molecule has 0 aliphatic carbocycles. The Hall–Kier alpha value is 0.178. The summed E-state index contributed by atoms with van der Waals surface area (Å²) in [6.07, 6.45) is 0.696. The molecule has 0 fully saturated rings. The smallest absolute Gasteiger partial charge is 0.184 e. The predicted octanol–water partition coefficient (Wildman–Crippen LogP) is 5.52. The highest BCUT2D eigenvalue weighted by Gasteiger charge is 2.42. The summed E-state index contributed by atoms with van der Waals surface area (Å²) in [5, 5.41) is 4.05. The fraction of sp³-hybridized carbons (Fsp3) is 0.947. The van der Waals surface area contributed by atoms with Gasteiger partial charge >= 0.3 is 0 Å². The monoisotopic (exact) mass is 481 g/mol. The fourth-order valence-corrected chi connectivity index (χ4v) is 7.39. The first kappa shape index (κ1) is 29.2. The van der Waals surface area contributed by atoms with Crippen molar-refractivity contribution in [1.29, 1.82) is 0 Å². The van der Waals surface area contributed by atoms with Crippen LogP contribution in [-0.2, 0) is 22.5 Å². The number of hydrogen-bond acceptors (Lipinski definition) is 6. The lowest BCUT2D eigenvalue weighted by atomic mass is 10.1. The van der Waals surface area contributed by atoms with Gasteiger partial charge in [-0.3, -0.25) is 0 Å². The molecule has 10 heteroatoms. The normalized spacial score (nSPS) is 18.6. The molecular formula is C19H47NO5Si4. The Kier molecular flexibility index (Phi) is 11.2. The van der Waals surface area contributed by atoms with Crippen LogP contribution in [0.5, 0.6) is 0 Å². The summed E-state index contributed by atoms with van der Waals surface area (Å²) in [5.41, 5.74) is 0. The minimum Gasteiger partial charge on any atom is -0.412 e. The van der Waals surface area contributed by atoms with Crippen molar-refractivity contribution in [2.75, 3.05) is 7.11 Å². The second-order valence-corrected chi connectivity index (χ2v) is 29.3. The number of rotatable bonds is 13. The lowest BCUT2D eigenvalue weighted by Crippen LogP contribution is -2.58. The molecule has 0 saturated heterocycles. The summed E-state index contributed by atoms with van der Waals surface area (Å²) in [6, 6.07) is 0. The molecule has 0 radical (unpaired) electrons. The third-order valence-corrected chi connectivity index (χ3v) is 7.45. The number of nitrogens with zero attached hydrogens (tertiary/aromatic N) is 1. The van der Waals surface area contributed by atoms with Gasteiger partial charge in [0, 0.05) is 0 Å². The van der Waals surface area contributed by atoms with Crippen molar-refractivity contribution in [2.45, 2.75) is 110 Å². The molecule has 0 N–H and O–H groups in total. The molecule has 4 atom stereocenters. The summed E-state index contributed by atoms with van der Waals surface area (Å²) in [7, 11) is -5.90. The van der Waals surface area contributed by atoms with Gasteiger partial charge in [-0.2, -0.15) is 0 Å². The topological polar surface area (TPSA) is 58.5 Å². The maximum Gasteiger partial charge on any atom is 0.184 e. The summed E-state index contributed by atoms with van der Waals surface area (Å²) in [4.78, 5) is 4.99. The quantitative estimate of drug-likeness (QED) is 0.197. The van der Waals surface area contributed by atoms with Gasteiger partial charge in [0.25, 0.3) is 0 Å². The van der Waals surface area contributed by atoms with E-state index in [-0.39, 0.29) is 24.4 Å². The Morgan fingerprint density at radius 1 is 0.586 bits per heavy atom. The molecule has 0 amide bonds. The van der Waals surface area contributed by atoms with E-state index in [0.29, 0.717) is 0 Å². The lowest BCUT2D eigenvalue weighted by Gasteiger charge is -2.43. The highest BCUT2D eigenvalue weighted by Crippen LogP contribution is 2.27. The summed E-state index contributed by atoms with van der Waals surface area (Å²) < 4.78 is 26.4. The average molecular weight is 482 g/mol. The Morgan fingerprint density at radius 3 is 1.31 bits per heavy atom. The van der Waals surface area contributed by atoms with Crippen LogP contribution in [0.2, 0.25) is 78.6 Å². The largest absolute Gasteiger partial charge is 0.412 e. The molecule has 0 spiro atoms.